The predicted molar refractivity (Wildman–Crippen MR) is 167 cm³/mol. The van der Waals surface area contributed by atoms with Crippen molar-refractivity contribution < 1.29 is 22.8 Å². The Labute approximate surface area is 256 Å². The van der Waals surface area contributed by atoms with E-state index in [1.807, 2.05) is 60.7 Å². The Morgan fingerprint density at radius 1 is 1.07 bits per heavy atom. The van der Waals surface area contributed by atoms with Gasteiger partial charge in [-0.2, -0.15) is 13.2 Å². The van der Waals surface area contributed by atoms with E-state index in [1.54, 1.807) is 18.3 Å². The number of ketones is 1. The summed E-state index contributed by atoms with van der Waals surface area (Å²) < 4.78 is 38.0. The molecule has 0 spiro atoms. The molecule has 0 saturated carbocycles. The number of nitrogens with one attached hydrogen (secondary N) is 1. The Morgan fingerprint density at radius 2 is 1.79 bits per heavy atom. The van der Waals surface area contributed by atoms with Gasteiger partial charge in [0.05, 0.1) is 10.7 Å². The SMILES string of the molecule is C=c1ccc(C(=O)NCC(F)(F)F)c(CC)/c1=C/N(C)CC(CCC)CCCC(=O)c1ccc(-c2ccc(Cl)cn2)cc1. The second kappa shape index (κ2) is 15.7. The molecule has 1 N–H and O–H groups in total. The van der Waals surface area contributed by atoms with Gasteiger partial charge in [-0.1, -0.05) is 68.8 Å². The highest BCUT2D eigenvalue weighted by molar-refractivity contribution is 6.30. The van der Waals surface area contributed by atoms with E-state index in [2.05, 4.69) is 18.5 Å². The van der Waals surface area contributed by atoms with Crippen LogP contribution in [0.4, 0.5) is 13.2 Å². The van der Waals surface area contributed by atoms with Gasteiger partial charge in [0, 0.05) is 54.3 Å². The molecule has 2 aromatic carbocycles. The molecule has 1 aromatic heterocycles. The zero-order valence-electron chi connectivity index (χ0n) is 24.9. The van der Waals surface area contributed by atoms with Gasteiger partial charge in [0.1, 0.15) is 6.54 Å². The van der Waals surface area contributed by atoms with Gasteiger partial charge in [0.25, 0.3) is 5.91 Å². The van der Waals surface area contributed by atoms with Crippen molar-refractivity contribution >= 4 is 36.1 Å². The fourth-order valence-electron chi connectivity index (χ4n) is 5.23. The van der Waals surface area contributed by atoms with Gasteiger partial charge in [-0.3, -0.25) is 14.6 Å². The summed E-state index contributed by atoms with van der Waals surface area (Å²) in [5, 5.41) is 3.99. The van der Waals surface area contributed by atoms with Crippen LogP contribution in [-0.2, 0) is 6.42 Å². The molecule has 1 heterocycles. The maximum atomic E-state index is 12.9. The molecular weight excluding hydrogens is 575 g/mol. The highest BCUT2D eigenvalue weighted by Gasteiger charge is 2.28. The van der Waals surface area contributed by atoms with Crippen LogP contribution in [0, 0.1) is 5.92 Å². The molecule has 9 heteroatoms. The second-order valence-corrected chi connectivity index (χ2v) is 11.2. The zero-order chi connectivity index (χ0) is 31.6. The number of nitrogens with zero attached hydrogens (tertiary/aromatic N) is 2. The van der Waals surface area contributed by atoms with Gasteiger partial charge in [-0.15, -0.1) is 0 Å². The molecule has 1 atom stereocenters. The first kappa shape index (κ1) is 33.8. The van der Waals surface area contributed by atoms with Crippen LogP contribution in [0.2, 0.25) is 5.02 Å². The standard InChI is InChI=1S/C34H39ClF3N3O2/c1-5-8-24(9-7-10-32(42)26-14-12-25(13-15-26)31-18-16-27(35)19-39-31)20-41(4)21-30-23(3)11-17-29(28(30)6-2)33(43)40-22-34(36,37)38/h11-19,21,24H,3,5-10,20,22H2,1-2,4H3,(H,40,43)/b30-21+. The lowest BCUT2D eigenvalue weighted by Gasteiger charge is -2.23. The molecule has 1 unspecified atom stereocenters. The van der Waals surface area contributed by atoms with Gasteiger partial charge in [0.2, 0.25) is 0 Å². The molecule has 1 amide bonds. The van der Waals surface area contributed by atoms with Crippen molar-refractivity contribution in [2.45, 2.75) is 58.5 Å². The number of alkyl halides is 3. The number of pyridine rings is 1. The number of carbonyl (C=O) groups excluding carboxylic acids is 2. The smallest absolute Gasteiger partial charge is 0.380 e. The van der Waals surface area contributed by atoms with E-state index >= 15 is 0 Å². The van der Waals surface area contributed by atoms with E-state index in [4.69, 9.17) is 11.6 Å². The number of aromatic nitrogens is 1. The molecule has 0 radical (unpaired) electrons. The number of carbonyl (C=O) groups is 2. The van der Waals surface area contributed by atoms with E-state index < -0.39 is 18.6 Å². The minimum atomic E-state index is -4.48. The van der Waals surface area contributed by atoms with E-state index in [-0.39, 0.29) is 11.3 Å². The van der Waals surface area contributed by atoms with Crippen molar-refractivity contribution in [3.8, 4) is 11.3 Å². The second-order valence-electron chi connectivity index (χ2n) is 10.8. The summed E-state index contributed by atoms with van der Waals surface area (Å²) >= 11 is 5.92. The zero-order valence-corrected chi connectivity index (χ0v) is 25.7. The van der Waals surface area contributed by atoms with Crippen molar-refractivity contribution in [2.75, 3.05) is 20.1 Å². The van der Waals surface area contributed by atoms with Crippen molar-refractivity contribution in [1.82, 2.24) is 15.2 Å². The first-order valence-electron chi connectivity index (χ1n) is 14.5. The van der Waals surface area contributed by atoms with Crippen LogP contribution in [0.3, 0.4) is 0 Å². The topological polar surface area (TPSA) is 62.3 Å². The number of rotatable bonds is 14. The summed E-state index contributed by atoms with van der Waals surface area (Å²) in [6.45, 7) is 7.44. The number of Topliss-reactive ketones (excluding diaryl/α,β-unsaturated/α-hetero) is 1. The molecule has 0 aliphatic rings. The first-order valence-corrected chi connectivity index (χ1v) is 14.9. The number of halogens is 4. The quantitative estimate of drug-likeness (QED) is 0.203. The highest BCUT2D eigenvalue weighted by Crippen LogP contribution is 2.21. The molecule has 3 aromatic rings. The van der Waals surface area contributed by atoms with Crippen LogP contribution in [0.5, 0.6) is 0 Å². The Kier molecular flexibility index (Phi) is 12.4. The predicted octanol–water partition coefficient (Wildman–Crippen LogP) is 6.81. The molecule has 0 fully saturated rings. The molecule has 5 nitrogen and oxygen atoms in total. The summed E-state index contributed by atoms with van der Waals surface area (Å²) in [6.07, 6.45) is 3.58. The Morgan fingerprint density at radius 3 is 2.40 bits per heavy atom. The Balaban J connectivity index is 1.64. The van der Waals surface area contributed by atoms with Crippen molar-refractivity contribution in [1.29, 1.82) is 0 Å². The van der Waals surface area contributed by atoms with E-state index in [0.717, 1.165) is 48.7 Å². The summed E-state index contributed by atoms with van der Waals surface area (Å²) in [4.78, 5) is 31.8. The third-order valence-electron chi connectivity index (χ3n) is 7.33. The van der Waals surface area contributed by atoms with Gasteiger partial charge >= 0.3 is 6.18 Å². The lowest BCUT2D eigenvalue weighted by atomic mass is 9.94. The summed E-state index contributed by atoms with van der Waals surface area (Å²) in [5.74, 6) is -0.314. The normalized spacial score (nSPS) is 12.7. The maximum Gasteiger partial charge on any atom is 0.405 e. The number of benzene rings is 2. The Hall–Kier alpha value is -3.65. The minimum Gasteiger partial charge on any atom is -0.380 e. The largest absolute Gasteiger partial charge is 0.405 e. The van der Waals surface area contributed by atoms with Crippen LogP contribution in [0.15, 0.2) is 54.7 Å². The van der Waals surface area contributed by atoms with Gasteiger partial charge in [-0.05, 0) is 60.6 Å². The lowest BCUT2D eigenvalue weighted by molar-refractivity contribution is -0.123. The van der Waals surface area contributed by atoms with Gasteiger partial charge in [0.15, 0.2) is 5.78 Å². The molecule has 0 aliphatic carbocycles. The van der Waals surface area contributed by atoms with E-state index in [0.29, 0.717) is 40.1 Å². The third-order valence-corrected chi connectivity index (χ3v) is 7.56. The first-order chi connectivity index (χ1) is 20.4. The van der Waals surface area contributed by atoms with Crippen molar-refractivity contribution in [3.63, 3.8) is 0 Å². The van der Waals surface area contributed by atoms with Crippen molar-refractivity contribution in [2.24, 2.45) is 5.92 Å². The molecule has 43 heavy (non-hydrogen) atoms. The lowest BCUT2D eigenvalue weighted by Crippen LogP contribution is -2.38. The average Bonchev–Trinajstić information content (AvgIpc) is 2.97. The molecular formula is C34H39ClF3N3O2. The molecule has 0 bridgehead atoms. The van der Waals surface area contributed by atoms with Crippen LogP contribution in [0.1, 0.15) is 72.2 Å². The van der Waals surface area contributed by atoms with Crippen LogP contribution in [-0.4, -0.2) is 47.9 Å². The van der Waals surface area contributed by atoms with Crippen LogP contribution >= 0.6 is 11.6 Å². The fourth-order valence-corrected chi connectivity index (χ4v) is 5.34. The van der Waals surface area contributed by atoms with Crippen molar-refractivity contribution in [3.05, 3.63) is 86.9 Å². The van der Waals surface area contributed by atoms with E-state index in [1.165, 1.54) is 6.07 Å². The van der Waals surface area contributed by atoms with Gasteiger partial charge in [-0.25, -0.2) is 0 Å². The molecule has 0 saturated heterocycles. The number of hydrogen-bond acceptors (Lipinski definition) is 4. The van der Waals surface area contributed by atoms with Gasteiger partial charge < -0.3 is 10.2 Å². The molecule has 0 aliphatic heterocycles. The van der Waals surface area contributed by atoms with E-state index in [9.17, 15) is 22.8 Å². The minimum absolute atomic E-state index is 0.0979. The monoisotopic (exact) mass is 613 g/mol. The molecule has 230 valence electrons. The number of hydrogen-bond donors (Lipinski definition) is 1. The summed E-state index contributed by atoms with van der Waals surface area (Å²) in [7, 11) is 1.94. The maximum absolute atomic E-state index is 12.9. The summed E-state index contributed by atoms with van der Waals surface area (Å²) in [5.41, 5.74) is 3.26. The fraction of sp³-hybridized carbons (Fsp3) is 0.382. The molecule has 3 rings (SSSR count). The number of amides is 1. The Bertz CT molecular complexity index is 1490. The van der Waals surface area contributed by atoms with Crippen LogP contribution < -0.4 is 15.8 Å². The van der Waals surface area contributed by atoms with Crippen LogP contribution in [0.25, 0.3) is 24.0 Å². The third kappa shape index (κ3) is 10.2. The highest BCUT2D eigenvalue weighted by atomic mass is 35.5. The summed E-state index contributed by atoms with van der Waals surface area (Å²) in [6, 6.07) is 14.3. The average molecular weight is 614 g/mol.